The first kappa shape index (κ1) is 25.1. The molecule has 1 aromatic carbocycles. The molecule has 0 aromatic heterocycles. The molecular formula is C24H36FNO5. The van der Waals surface area contributed by atoms with Crippen LogP contribution in [0.3, 0.4) is 0 Å². The zero-order valence-corrected chi connectivity index (χ0v) is 19.8. The molecule has 2 rings (SSSR count). The lowest BCUT2D eigenvalue weighted by molar-refractivity contribution is -0.0680. The minimum absolute atomic E-state index is 0.294. The van der Waals surface area contributed by atoms with Crippen molar-refractivity contribution in [3.05, 3.63) is 35.6 Å². The smallest absolute Gasteiger partial charge is 0.420 e. The Hall–Kier alpha value is -2.15. The molecule has 0 heterocycles. The first-order valence-corrected chi connectivity index (χ1v) is 10.8. The van der Waals surface area contributed by atoms with Gasteiger partial charge in [0.1, 0.15) is 17.0 Å². The minimum Gasteiger partial charge on any atom is -0.443 e. The van der Waals surface area contributed by atoms with Gasteiger partial charge in [-0.1, -0.05) is 18.2 Å². The summed E-state index contributed by atoms with van der Waals surface area (Å²) in [7, 11) is 1.59. The van der Waals surface area contributed by atoms with Crippen molar-refractivity contribution < 1.29 is 28.2 Å². The lowest BCUT2D eigenvalue weighted by atomic mass is 9.77. The number of hydrogen-bond donors (Lipinski definition) is 0. The summed E-state index contributed by atoms with van der Waals surface area (Å²) in [4.78, 5) is 27.1. The van der Waals surface area contributed by atoms with Crippen LogP contribution in [0.5, 0.6) is 0 Å². The summed E-state index contributed by atoms with van der Waals surface area (Å²) >= 11 is 0. The van der Waals surface area contributed by atoms with Crippen LogP contribution in [-0.4, -0.2) is 47.0 Å². The maximum absolute atomic E-state index is 14.3. The van der Waals surface area contributed by atoms with Crippen LogP contribution in [0.2, 0.25) is 0 Å². The molecule has 0 N–H and O–H groups in total. The van der Waals surface area contributed by atoms with Gasteiger partial charge in [-0.05, 0) is 78.9 Å². The summed E-state index contributed by atoms with van der Waals surface area (Å²) in [6.45, 7) is 10.5. The fourth-order valence-electron chi connectivity index (χ4n) is 3.92. The Morgan fingerprint density at radius 2 is 1.61 bits per heavy atom. The van der Waals surface area contributed by atoms with Gasteiger partial charge < -0.3 is 14.2 Å². The highest BCUT2D eigenvalue weighted by Gasteiger charge is 2.44. The number of carbonyl (C=O) groups excluding carboxylic acids is 2. The van der Waals surface area contributed by atoms with E-state index < -0.39 is 35.0 Å². The number of amides is 2. The number of carbonyl (C=O) groups is 2. The fraction of sp³-hybridized carbons (Fsp3) is 0.667. The number of ether oxygens (including phenoxy) is 3. The Bertz CT molecular complexity index is 755. The standard InChI is InChI=1S/C24H36FNO5/c1-22(2,3)30-20(27)26(21(28)31-23(4,5)6)18-12-10-14-24(16-18,29-7)15-17-11-8-9-13-19(17)25/h8-9,11,13,18H,10,12,14-16H2,1-7H3. The topological polar surface area (TPSA) is 65.1 Å². The number of halogens is 1. The molecule has 1 fully saturated rings. The van der Waals surface area contributed by atoms with Gasteiger partial charge in [-0.3, -0.25) is 0 Å². The normalized spacial score (nSPS) is 22.0. The van der Waals surface area contributed by atoms with E-state index in [9.17, 15) is 14.0 Å². The predicted molar refractivity (Wildman–Crippen MR) is 116 cm³/mol. The summed E-state index contributed by atoms with van der Waals surface area (Å²) < 4.78 is 31.2. The molecule has 1 aromatic rings. The average molecular weight is 438 g/mol. The van der Waals surface area contributed by atoms with Crippen LogP contribution in [0.15, 0.2) is 24.3 Å². The molecule has 174 valence electrons. The molecule has 0 bridgehead atoms. The van der Waals surface area contributed by atoms with Crippen molar-refractivity contribution in [3.63, 3.8) is 0 Å². The monoisotopic (exact) mass is 437 g/mol. The number of benzene rings is 1. The van der Waals surface area contributed by atoms with Crippen LogP contribution in [-0.2, 0) is 20.6 Å². The van der Waals surface area contributed by atoms with Gasteiger partial charge in [-0.25, -0.2) is 18.9 Å². The van der Waals surface area contributed by atoms with Crippen molar-refractivity contribution in [3.8, 4) is 0 Å². The quantitative estimate of drug-likeness (QED) is 0.589. The molecule has 2 atom stereocenters. The molecule has 31 heavy (non-hydrogen) atoms. The van der Waals surface area contributed by atoms with Gasteiger partial charge in [-0.15, -0.1) is 0 Å². The van der Waals surface area contributed by atoms with Crippen molar-refractivity contribution in [1.29, 1.82) is 0 Å². The summed E-state index contributed by atoms with van der Waals surface area (Å²) in [6, 6.07) is 6.11. The fourth-order valence-corrected chi connectivity index (χ4v) is 3.92. The van der Waals surface area contributed by atoms with E-state index in [2.05, 4.69) is 0 Å². The van der Waals surface area contributed by atoms with Crippen LogP contribution in [0.4, 0.5) is 14.0 Å². The molecule has 7 heteroatoms. The van der Waals surface area contributed by atoms with Gasteiger partial charge >= 0.3 is 12.2 Å². The number of methoxy groups -OCH3 is 1. The van der Waals surface area contributed by atoms with Gasteiger partial charge in [-0.2, -0.15) is 0 Å². The van der Waals surface area contributed by atoms with Gasteiger partial charge in [0.05, 0.1) is 5.60 Å². The van der Waals surface area contributed by atoms with Gasteiger partial charge in [0.25, 0.3) is 0 Å². The average Bonchev–Trinajstić information content (AvgIpc) is 2.61. The molecule has 6 nitrogen and oxygen atoms in total. The van der Waals surface area contributed by atoms with E-state index in [1.165, 1.54) is 6.07 Å². The van der Waals surface area contributed by atoms with Crippen LogP contribution >= 0.6 is 0 Å². The SMILES string of the molecule is COC1(Cc2ccccc2F)CCCC(N(C(=O)OC(C)(C)C)C(=O)OC(C)(C)C)C1. The third-order valence-corrected chi connectivity index (χ3v) is 5.23. The van der Waals surface area contributed by atoms with Gasteiger partial charge in [0.2, 0.25) is 0 Å². The van der Waals surface area contributed by atoms with E-state index in [1.807, 2.05) is 0 Å². The minimum atomic E-state index is -0.766. The Morgan fingerprint density at radius 3 is 2.10 bits per heavy atom. The van der Waals surface area contributed by atoms with Crippen LogP contribution in [0.25, 0.3) is 0 Å². The summed E-state index contributed by atoms with van der Waals surface area (Å²) in [5.41, 5.74) is -1.69. The first-order chi connectivity index (χ1) is 14.3. The van der Waals surface area contributed by atoms with E-state index in [1.54, 1.807) is 66.9 Å². The highest BCUT2D eigenvalue weighted by Crippen LogP contribution is 2.38. The van der Waals surface area contributed by atoms with E-state index >= 15 is 0 Å². The Morgan fingerprint density at radius 1 is 1.06 bits per heavy atom. The summed E-state index contributed by atoms with van der Waals surface area (Å²) in [6.07, 6.45) is 1.24. The molecule has 1 saturated carbocycles. The van der Waals surface area contributed by atoms with Gasteiger partial charge in [0, 0.05) is 19.6 Å². The molecule has 0 spiro atoms. The molecule has 0 aliphatic heterocycles. The van der Waals surface area contributed by atoms with Crippen LogP contribution in [0.1, 0.15) is 72.8 Å². The molecule has 2 unspecified atom stereocenters. The second kappa shape index (κ2) is 9.55. The van der Waals surface area contributed by atoms with Crippen molar-refractivity contribution in [2.24, 2.45) is 0 Å². The maximum Gasteiger partial charge on any atom is 0.420 e. The number of rotatable bonds is 4. The predicted octanol–water partition coefficient (Wildman–Crippen LogP) is 5.87. The van der Waals surface area contributed by atoms with E-state index in [4.69, 9.17) is 14.2 Å². The third kappa shape index (κ3) is 7.20. The van der Waals surface area contributed by atoms with E-state index in [-0.39, 0.29) is 5.82 Å². The van der Waals surface area contributed by atoms with Crippen LogP contribution < -0.4 is 0 Å². The Kier molecular flexibility index (Phi) is 7.74. The zero-order valence-electron chi connectivity index (χ0n) is 19.8. The lowest BCUT2D eigenvalue weighted by Crippen LogP contribution is -2.54. The van der Waals surface area contributed by atoms with Crippen molar-refractivity contribution >= 4 is 12.2 Å². The molecular weight excluding hydrogens is 401 g/mol. The van der Waals surface area contributed by atoms with E-state index in [0.29, 0.717) is 31.2 Å². The Balaban J connectivity index is 2.32. The van der Waals surface area contributed by atoms with E-state index in [0.717, 1.165) is 11.3 Å². The molecule has 0 radical (unpaired) electrons. The molecule has 2 amide bonds. The van der Waals surface area contributed by atoms with Crippen molar-refractivity contribution in [2.75, 3.05) is 7.11 Å². The molecule has 0 saturated heterocycles. The largest absolute Gasteiger partial charge is 0.443 e. The molecule has 1 aliphatic rings. The highest BCUT2D eigenvalue weighted by molar-refractivity contribution is 5.88. The number of imide groups is 1. The second-order valence-electron chi connectivity index (χ2n) is 10.2. The number of hydrogen-bond acceptors (Lipinski definition) is 5. The first-order valence-electron chi connectivity index (χ1n) is 10.8. The summed E-state index contributed by atoms with van der Waals surface area (Å²) in [5, 5.41) is 0. The molecule has 1 aliphatic carbocycles. The van der Waals surface area contributed by atoms with Crippen LogP contribution in [0, 0.1) is 5.82 Å². The zero-order chi connectivity index (χ0) is 23.4. The highest BCUT2D eigenvalue weighted by atomic mass is 19.1. The Labute approximate surface area is 185 Å². The second-order valence-corrected chi connectivity index (χ2v) is 10.2. The maximum atomic E-state index is 14.3. The lowest BCUT2D eigenvalue weighted by Gasteiger charge is -2.43. The number of nitrogens with zero attached hydrogens (tertiary/aromatic N) is 1. The van der Waals surface area contributed by atoms with Gasteiger partial charge in [0.15, 0.2) is 0 Å². The van der Waals surface area contributed by atoms with Crippen molar-refractivity contribution in [1.82, 2.24) is 4.90 Å². The third-order valence-electron chi connectivity index (χ3n) is 5.23. The summed E-state index contributed by atoms with van der Waals surface area (Å²) in [5.74, 6) is -0.294. The van der Waals surface area contributed by atoms with Crippen molar-refractivity contribution in [2.45, 2.75) is 96.5 Å².